The maximum Gasteiger partial charge on any atom is 0.289 e. The zero-order valence-corrected chi connectivity index (χ0v) is 15.1. The molecule has 0 aromatic carbocycles. The van der Waals surface area contributed by atoms with Gasteiger partial charge in [0, 0.05) is 56.2 Å². The first-order valence-electron chi connectivity index (χ1n) is 9.06. The monoisotopic (exact) mass is 366 g/mol. The summed E-state index contributed by atoms with van der Waals surface area (Å²) in [5, 5.41) is 12.4. The number of fused-ring (bicyclic) bond motifs is 1. The van der Waals surface area contributed by atoms with E-state index < -0.39 is 6.10 Å². The van der Waals surface area contributed by atoms with E-state index in [9.17, 15) is 9.90 Å². The summed E-state index contributed by atoms with van der Waals surface area (Å²) in [5.41, 5.74) is 1.68. The normalized spacial score (nSPS) is 18.0. The van der Waals surface area contributed by atoms with E-state index in [1.54, 1.807) is 6.92 Å². The molecule has 0 bridgehead atoms. The van der Waals surface area contributed by atoms with Gasteiger partial charge < -0.3 is 19.7 Å². The summed E-state index contributed by atoms with van der Waals surface area (Å²) < 4.78 is 2.06. The second kappa shape index (κ2) is 7.32. The smallest absolute Gasteiger partial charge is 0.289 e. The van der Waals surface area contributed by atoms with Crippen molar-refractivity contribution in [3.8, 4) is 0 Å². The fourth-order valence-electron chi connectivity index (χ4n) is 3.38. The lowest BCUT2D eigenvalue weighted by Crippen LogP contribution is -2.32. The molecule has 1 amide bonds. The highest BCUT2D eigenvalue weighted by Gasteiger charge is 2.25. The second-order valence-electron chi connectivity index (χ2n) is 6.88. The molecule has 3 aromatic heterocycles. The average molecular weight is 366 g/mol. The lowest BCUT2D eigenvalue weighted by molar-refractivity contribution is 0.0937. The maximum absolute atomic E-state index is 12.2. The highest BCUT2D eigenvalue weighted by atomic mass is 16.3. The molecule has 2 N–H and O–H groups in total. The summed E-state index contributed by atoms with van der Waals surface area (Å²) in [6.45, 7) is 3.96. The van der Waals surface area contributed by atoms with Crippen molar-refractivity contribution in [3.63, 3.8) is 0 Å². The van der Waals surface area contributed by atoms with Gasteiger partial charge in [-0.1, -0.05) is 0 Å². The van der Waals surface area contributed by atoms with Crippen molar-refractivity contribution in [2.24, 2.45) is 5.92 Å². The van der Waals surface area contributed by atoms with Crippen LogP contribution < -0.4 is 10.2 Å². The molecule has 1 fully saturated rings. The first-order valence-corrected chi connectivity index (χ1v) is 9.06. The Morgan fingerprint density at radius 3 is 2.93 bits per heavy atom. The quantitative estimate of drug-likeness (QED) is 0.709. The van der Waals surface area contributed by atoms with Crippen LogP contribution in [-0.4, -0.2) is 50.0 Å². The lowest BCUT2D eigenvalue weighted by atomic mass is 10.1. The van der Waals surface area contributed by atoms with Gasteiger partial charge in [0.1, 0.15) is 0 Å². The number of carbonyl (C=O) groups is 1. The second-order valence-corrected chi connectivity index (χ2v) is 6.88. The number of aliphatic hydroxyl groups excluding tert-OH is 1. The number of amides is 1. The summed E-state index contributed by atoms with van der Waals surface area (Å²) in [5.74, 6) is 1.15. The number of aliphatic hydroxyl groups is 1. The third-order valence-electron chi connectivity index (χ3n) is 4.93. The third kappa shape index (κ3) is 3.61. The zero-order valence-electron chi connectivity index (χ0n) is 15.1. The number of anilines is 1. The summed E-state index contributed by atoms with van der Waals surface area (Å²) >= 11 is 0. The highest BCUT2D eigenvalue weighted by Crippen LogP contribution is 2.25. The van der Waals surface area contributed by atoms with E-state index in [0.29, 0.717) is 18.0 Å². The number of rotatable bonds is 5. The standard InChI is InChI=1S/C19H22N6O2/c1-13(26)15-10-21-17(22-11-15)19(27)23-9-14-4-7-25(12-14)18-16-3-2-6-24(16)8-5-20-18/h2-3,5-6,8,10-11,13-14,26H,4,7,9,12H2,1H3,(H,23,27)/t13?,14-/m1/s1. The van der Waals surface area contributed by atoms with E-state index in [0.717, 1.165) is 30.8 Å². The van der Waals surface area contributed by atoms with Gasteiger partial charge in [0.15, 0.2) is 5.82 Å². The van der Waals surface area contributed by atoms with E-state index in [1.165, 1.54) is 12.4 Å². The van der Waals surface area contributed by atoms with E-state index in [-0.39, 0.29) is 11.7 Å². The molecule has 0 saturated carbocycles. The molecule has 0 aliphatic carbocycles. The molecule has 4 heterocycles. The minimum absolute atomic E-state index is 0.119. The minimum atomic E-state index is -0.648. The molecule has 1 aliphatic heterocycles. The van der Waals surface area contributed by atoms with Gasteiger partial charge in [0.2, 0.25) is 5.82 Å². The van der Waals surface area contributed by atoms with Gasteiger partial charge in [-0.15, -0.1) is 0 Å². The molecule has 140 valence electrons. The van der Waals surface area contributed by atoms with Gasteiger partial charge in [-0.3, -0.25) is 4.79 Å². The fraction of sp³-hybridized carbons (Fsp3) is 0.368. The molecule has 3 aromatic rings. The molecule has 1 aliphatic rings. The van der Waals surface area contributed by atoms with Crippen LogP contribution in [0.25, 0.3) is 5.52 Å². The van der Waals surface area contributed by atoms with Crippen LogP contribution in [0.1, 0.15) is 35.6 Å². The maximum atomic E-state index is 12.2. The van der Waals surface area contributed by atoms with Crippen molar-refractivity contribution in [2.75, 3.05) is 24.5 Å². The van der Waals surface area contributed by atoms with Gasteiger partial charge in [-0.2, -0.15) is 0 Å². The van der Waals surface area contributed by atoms with Crippen LogP contribution >= 0.6 is 0 Å². The van der Waals surface area contributed by atoms with Crippen molar-refractivity contribution in [1.29, 1.82) is 0 Å². The molecule has 8 nitrogen and oxygen atoms in total. The Morgan fingerprint density at radius 2 is 2.15 bits per heavy atom. The Morgan fingerprint density at radius 1 is 1.33 bits per heavy atom. The number of aromatic nitrogens is 4. The fourth-order valence-corrected chi connectivity index (χ4v) is 3.38. The molecular weight excluding hydrogens is 344 g/mol. The highest BCUT2D eigenvalue weighted by molar-refractivity contribution is 5.90. The Balaban J connectivity index is 1.35. The number of hydrogen-bond donors (Lipinski definition) is 2. The predicted octanol–water partition coefficient (Wildman–Crippen LogP) is 1.43. The summed E-state index contributed by atoms with van der Waals surface area (Å²) in [6, 6.07) is 4.07. The lowest BCUT2D eigenvalue weighted by Gasteiger charge is -2.18. The third-order valence-corrected chi connectivity index (χ3v) is 4.93. The van der Waals surface area contributed by atoms with E-state index in [1.807, 2.05) is 24.7 Å². The molecule has 4 rings (SSSR count). The van der Waals surface area contributed by atoms with E-state index >= 15 is 0 Å². The molecule has 27 heavy (non-hydrogen) atoms. The summed E-state index contributed by atoms with van der Waals surface area (Å²) in [7, 11) is 0. The first-order chi connectivity index (χ1) is 13.1. The zero-order chi connectivity index (χ0) is 18.8. The van der Waals surface area contributed by atoms with Crippen molar-refractivity contribution in [2.45, 2.75) is 19.4 Å². The van der Waals surface area contributed by atoms with Crippen molar-refractivity contribution >= 4 is 17.2 Å². The molecular formula is C19H22N6O2. The molecule has 2 atom stereocenters. The van der Waals surface area contributed by atoms with Gasteiger partial charge in [-0.25, -0.2) is 15.0 Å². The molecule has 8 heteroatoms. The van der Waals surface area contributed by atoms with Crippen LogP contribution in [0.4, 0.5) is 5.82 Å². The predicted molar refractivity (Wildman–Crippen MR) is 101 cm³/mol. The van der Waals surface area contributed by atoms with Gasteiger partial charge >= 0.3 is 0 Å². The Hall–Kier alpha value is -3.00. The van der Waals surface area contributed by atoms with E-state index in [2.05, 4.69) is 35.6 Å². The number of carbonyl (C=O) groups excluding carboxylic acids is 1. The number of nitrogens with zero attached hydrogens (tertiary/aromatic N) is 5. The summed E-state index contributed by atoms with van der Waals surface area (Å²) in [4.78, 5) is 27.1. The Bertz CT molecular complexity index is 937. The number of hydrogen-bond acceptors (Lipinski definition) is 6. The SMILES string of the molecule is CC(O)c1cnc(C(=O)NC[C@H]2CCN(c3nccn4cccc34)C2)nc1. The number of nitrogens with one attached hydrogen (secondary N) is 1. The van der Waals surface area contributed by atoms with Crippen molar-refractivity contribution in [1.82, 2.24) is 24.7 Å². The molecule has 1 saturated heterocycles. The Labute approximate surface area is 156 Å². The largest absolute Gasteiger partial charge is 0.389 e. The van der Waals surface area contributed by atoms with E-state index in [4.69, 9.17) is 0 Å². The van der Waals surface area contributed by atoms with Crippen LogP contribution in [0, 0.1) is 5.92 Å². The van der Waals surface area contributed by atoms with Crippen LogP contribution in [-0.2, 0) is 0 Å². The molecule has 0 radical (unpaired) electrons. The van der Waals surface area contributed by atoms with Gasteiger partial charge in [-0.05, 0) is 31.4 Å². The van der Waals surface area contributed by atoms with Crippen molar-refractivity contribution in [3.05, 3.63) is 54.5 Å². The van der Waals surface area contributed by atoms with Crippen molar-refractivity contribution < 1.29 is 9.90 Å². The van der Waals surface area contributed by atoms with Crippen LogP contribution in [0.2, 0.25) is 0 Å². The van der Waals surface area contributed by atoms with Gasteiger partial charge in [0.05, 0.1) is 11.6 Å². The van der Waals surface area contributed by atoms with Crippen LogP contribution in [0.15, 0.2) is 43.1 Å². The van der Waals surface area contributed by atoms with Crippen LogP contribution in [0.3, 0.4) is 0 Å². The molecule has 1 unspecified atom stereocenters. The summed E-state index contributed by atoms with van der Waals surface area (Å²) in [6.07, 6.45) is 9.07. The Kier molecular flexibility index (Phi) is 4.72. The minimum Gasteiger partial charge on any atom is -0.389 e. The van der Waals surface area contributed by atoms with Crippen LogP contribution in [0.5, 0.6) is 0 Å². The average Bonchev–Trinajstić information content (AvgIpc) is 3.35. The topological polar surface area (TPSA) is 95.7 Å². The van der Waals surface area contributed by atoms with Gasteiger partial charge in [0.25, 0.3) is 5.91 Å². The molecule has 0 spiro atoms. The first kappa shape index (κ1) is 17.4.